The number of nitrogens with zero attached hydrogens (tertiary/aromatic N) is 2. The highest BCUT2D eigenvalue weighted by molar-refractivity contribution is 5.12. The Morgan fingerprint density at radius 2 is 1.62 bits per heavy atom. The van der Waals surface area contributed by atoms with Gasteiger partial charge in [-0.3, -0.25) is 9.97 Å². The molecule has 0 saturated heterocycles. The first-order valence-corrected chi connectivity index (χ1v) is 6.62. The fourth-order valence-corrected chi connectivity index (χ4v) is 1.14. The van der Waals surface area contributed by atoms with Crippen LogP contribution in [0.15, 0.2) is 12.4 Å². The first-order valence-electron chi connectivity index (χ1n) is 6.62. The SMILES string of the molecule is CC.CCC.CCc1cnc(C2CC2)cn1. The third-order valence-corrected chi connectivity index (χ3v) is 2.08. The minimum Gasteiger partial charge on any atom is -0.258 e. The second-order valence-electron chi connectivity index (χ2n) is 3.77. The fraction of sp³-hybridized carbons (Fsp3) is 0.714. The maximum absolute atomic E-state index is 4.35. The molecule has 1 heterocycles. The molecule has 2 nitrogen and oxygen atoms in total. The van der Waals surface area contributed by atoms with Gasteiger partial charge < -0.3 is 0 Å². The van der Waals surface area contributed by atoms with Gasteiger partial charge in [0, 0.05) is 18.3 Å². The second kappa shape index (κ2) is 9.32. The van der Waals surface area contributed by atoms with Crippen LogP contribution in [0, 0.1) is 0 Å². The zero-order valence-electron chi connectivity index (χ0n) is 11.5. The first kappa shape index (κ1) is 15.1. The molecule has 0 amide bonds. The summed E-state index contributed by atoms with van der Waals surface area (Å²) < 4.78 is 0. The first-order chi connectivity index (χ1) is 7.81. The van der Waals surface area contributed by atoms with Crippen LogP contribution in [0.25, 0.3) is 0 Å². The van der Waals surface area contributed by atoms with E-state index in [4.69, 9.17) is 0 Å². The molecule has 2 heteroatoms. The average molecular weight is 222 g/mol. The molecule has 0 atom stereocenters. The Morgan fingerprint density at radius 1 is 1.06 bits per heavy atom. The minimum absolute atomic E-state index is 0.730. The molecule has 0 N–H and O–H groups in total. The fourth-order valence-electron chi connectivity index (χ4n) is 1.14. The molecule has 2 rings (SSSR count). The molecular weight excluding hydrogens is 196 g/mol. The molecule has 1 saturated carbocycles. The van der Waals surface area contributed by atoms with Gasteiger partial charge in [-0.25, -0.2) is 0 Å². The number of hydrogen-bond donors (Lipinski definition) is 0. The third-order valence-electron chi connectivity index (χ3n) is 2.08. The van der Waals surface area contributed by atoms with Crippen LogP contribution in [-0.2, 0) is 6.42 Å². The van der Waals surface area contributed by atoms with Gasteiger partial charge in [-0.2, -0.15) is 0 Å². The summed E-state index contributed by atoms with van der Waals surface area (Å²) >= 11 is 0. The van der Waals surface area contributed by atoms with Crippen molar-refractivity contribution in [3.8, 4) is 0 Å². The molecule has 92 valence electrons. The van der Waals surface area contributed by atoms with E-state index < -0.39 is 0 Å². The quantitative estimate of drug-likeness (QED) is 0.743. The van der Waals surface area contributed by atoms with E-state index >= 15 is 0 Å². The van der Waals surface area contributed by atoms with Crippen molar-refractivity contribution in [2.45, 2.75) is 66.2 Å². The Balaban J connectivity index is 0.000000394. The Kier molecular flexibility index (Phi) is 8.78. The summed E-state index contributed by atoms with van der Waals surface area (Å²) in [6, 6.07) is 0. The summed E-state index contributed by atoms with van der Waals surface area (Å²) in [7, 11) is 0. The lowest BCUT2D eigenvalue weighted by Gasteiger charge is -1.97. The molecule has 0 unspecified atom stereocenters. The number of aromatic nitrogens is 2. The normalized spacial score (nSPS) is 13.1. The summed E-state index contributed by atoms with van der Waals surface area (Å²) in [6.45, 7) is 10.3. The zero-order chi connectivity index (χ0) is 12.4. The topological polar surface area (TPSA) is 25.8 Å². The van der Waals surface area contributed by atoms with Gasteiger partial charge in [-0.05, 0) is 19.3 Å². The Labute approximate surface area is 101 Å². The summed E-state index contributed by atoms with van der Waals surface area (Å²) in [5.74, 6) is 0.730. The summed E-state index contributed by atoms with van der Waals surface area (Å²) in [6.07, 6.45) is 8.67. The van der Waals surface area contributed by atoms with Gasteiger partial charge in [-0.1, -0.05) is 41.0 Å². The van der Waals surface area contributed by atoms with Gasteiger partial charge in [0.2, 0.25) is 0 Å². The molecule has 0 radical (unpaired) electrons. The average Bonchev–Trinajstić information content (AvgIpc) is 3.17. The smallest absolute Gasteiger partial charge is 0.0617 e. The number of rotatable bonds is 2. The molecule has 0 bridgehead atoms. The number of hydrogen-bond acceptors (Lipinski definition) is 2. The van der Waals surface area contributed by atoms with Gasteiger partial charge in [0.25, 0.3) is 0 Å². The van der Waals surface area contributed by atoms with Crippen LogP contribution < -0.4 is 0 Å². The standard InChI is InChI=1S/C9H12N2.C3H8.C2H6/c1-2-8-5-11-9(6-10-8)7-3-4-7;1-3-2;1-2/h5-7H,2-4H2,1H3;3H2,1-2H3;1-2H3. The van der Waals surface area contributed by atoms with Crippen molar-refractivity contribution in [2.24, 2.45) is 0 Å². The predicted octanol–water partition coefficient (Wildman–Crippen LogP) is 4.36. The highest BCUT2D eigenvalue weighted by Gasteiger charge is 2.24. The van der Waals surface area contributed by atoms with Crippen LogP contribution in [0.2, 0.25) is 0 Å². The van der Waals surface area contributed by atoms with Gasteiger partial charge >= 0.3 is 0 Å². The van der Waals surface area contributed by atoms with Crippen molar-refractivity contribution in [3.63, 3.8) is 0 Å². The monoisotopic (exact) mass is 222 g/mol. The minimum atomic E-state index is 0.730. The Bertz CT molecular complexity index is 250. The summed E-state index contributed by atoms with van der Waals surface area (Å²) in [5.41, 5.74) is 2.27. The second-order valence-corrected chi connectivity index (χ2v) is 3.77. The van der Waals surface area contributed by atoms with E-state index in [1.165, 1.54) is 25.0 Å². The van der Waals surface area contributed by atoms with Crippen molar-refractivity contribution in [1.29, 1.82) is 0 Å². The molecular formula is C14H26N2. The predicted molar refractivity (Wildman–Crippen MR) is 70.7 cm³/mol. The van der Waals surface area contributed by atoms with E-state index in [0.29, 0.717) is 0 Å². The van der Waals surface area contributed by atoms with Crippen LogP contribution in [0.5, 0.6) is 0 Å². The van der Waals surface area contributed by atoms with Crippen LogP contribution >= 0.6 is 0 Å². The van der Waals surface area contributed by atoms with Gasteiger partial charge in [-0.15, -0.1) is 0 Å². The van der Waals surface area contributed by atoms with Crippen molar-refractivity contribution in [3.05, 3.63) is 23.8 Å². The van der Waals surface area contributed by atoms with E-state index in [9.17, 15) is 0 Å². The zero-order valence-corrected chi connectivity index (χ0v) is 11.5. The molecule has 1 aliphatic rings. The highest BCUT2D eigenvalue weighted by atomic mass is 14.8. The van der Waals surface area contributed by atoms with Gasteiger partial charge in [0.15, 0.2) is 0 Å². The van der Waals surface area contributed by atoms with E-state index in [0.717, 1.165) is 18.0 Å². The summed E-state index contributed by atoms with van der Waals surface area (Å²) in [4.78, 5) is 8.64. The van der Waals surface area contributed by atoms with Crippen LogP contribution in [0.1, 0.15) is 71.2 Å². The highest BCUT2D eigenvalue weighted by Crippen LogP contribution is 2.38. The lowest BCUT2D eigenvalue weighted by Crippen LogP contribution is -1.92. The maximum Gasteiger partial charge on any atom is 0.0617 e. The van der Waals surface area contributed by atoms with Crippen molar-refractivity contribution in [2.75, 3.05) is 0 Å². The van der Waals surface area contributed by atoms with Crippen LogP contribution in [0.3, 0.4) is 0 Å². The van der Waals surface area contributed by atoms with Gasteiger partial charge in [0.1, 0.15) is 0 Å². The van der Waals surface area contributed by atoms with E-state index in [2.05, 4.69) is 30.7 Å². The molecule has 1 aromatic rings. The maximum atomic E-state index is 4.35. The van der Waals surface area contributed by atoms with E-state index in [-0.39, 0.29) is 0 Å². The molecule has 1 fully saturated rings. The Morgan fingerprint density at radius 3 is 1.94 bits per heavy atom. The summed E-state index contributed by atoms with van der Waals surface area (Å²) in [5, 5.41) is 0. The van der Waals surface area contributed by atoms with Crippen molar-refractivity contribution >= 4 is 0 Å². The lowest BCUT2D eigenvalue weighted by atomic mass is 10.3. The van der Waals surface area contributed by atoms with E-state index in [1.54, 1.807) is 0 Å². The third kappa shape index (κ3) is 5.84. The van der Waals surface area contributed by atoms with Crippen molar-refractivity contribution < 1.29 is 0 Å². The molecule has 16 heavy (non-hydrogen) atoms. The molecule has 0 aliphatic heterocycles. The molecule has 0 aromatic carbocycles. The van der Waals surface area contributed by atoms with E-state index in [1.807, 2.05) is 26.2 Å². The van der Waals surface area contributed by atoms with Gasteiger partial charge in [0.05, 0.1) is 11.4 Å². The Hall–Kier alpha value is -0.920. The van der Waals surface area contributed by atoms with Crippen LogP contribution in [0.4, 0.5) is 0 Å². The molecule has 1 aliphatic carbocycles. The van der Waals surface area contributed by atoms with Crippen molar-refractivity contribution in [1.82, 2.24) is 9.97 Å². The van der Waals surface area contributed by atoms with Crippen LogP contribution in [-0.4, -0.2) is 9.97 Å². The number of aryl methyl sites for hydroxylation is 1. The lowest BCUT2D eigenvalue weighted by molar-refractivity contribution is 0.929. The molecule has 0 spiro atoms. The molecule has 1 aromatic heterocycles. The largest absolute Gasteiger partial charge is 0.258 e.